The van der Waals surface area contributed by atoms with Crippen LogP contribution >= 0.6 is 0 Å². The fourth-order valence-electron chi connectivity index (χ4n) is 2.39. The number of carbonyl (C=O) groups is 2. The van der Waals surface area contributed by atoms with Gasteiger partial charge in [-0.3, -0.25) is 9.59 Å². The molecule has 0 saturated heterocycles. The van der Waals surface area contributed by atoms with Crippen molar-refractivity contribution in [2.24, 2.45) is 5.10 Å². The van der Waals surface area contributed by atoms with Gasteiger partial charge in [0, 0.05) is 5.56 Å². The summed E-state index contributed by atoms with van der Waals surface area (Å²) in [6.45, 7) is 1.78. The Labute approximate surface area is 163 Å². The van der Waals surface area contributed by atoms with E-state index in [4.69, 9.17) is 14.2 Å². The number of methoxy groups -OCH3 is 3. The number of nitrogens with one attached hydrogen (secondary N) is 2. The van der Waals surface area contributed by atoms with Gasteiger partial charge in [-0.25, -0.2) is 5.43 Å². The SMILES string of the molecule is COc1ccc([C@@H](C)NC(=O)C(=O)NN=Cc2cc(OC)ccc2OC)cc1. The van der Waals surface area contributed by atoms with Crippen LogP contribution in [0.1, 0.15) is 24.1 Å². The molecule has 0 fully saturated rings. The molecular weight excluding hydrogens is 362 g/mol. The number of benzene rings is 2. The van der Waals surface area contributed by atoms with E-state index >= 15 is 0 Å². The highest BCUT2D eigenvalue weighted by atomic mass is 16.5. The lowest BCUT2D eigenvalue weighted by molar-refractivity contribution is -0.139. The van der Waals surface area contributed by atoms with Crippen LogP contribution in [0.25, 0.3) is 0 Å². The maximum atomic E-state index is 12.0. The Hall–Kier alpha value is -3.55. The molecule has 28 heavy (non-hydrogen) atoms. The minimum atomic E-state index is -0.876. The van der Waals surface area contributed by atoms with Gasteiger partial charge in [0.2, 0.25) is 0 Å². The predicted molar refractivity (Wildman–Crippen MR) is 105 cm³/mol. The Bertz CT molecular complexity index is 849. The van der Waals surface area contributed by atoms with Gasteiger partial charge in [-0.15, -0.1) is 0 Å². The predicted octanol–water partition coefficient (Wildman–Crippen LogP) is 2.04. The summed E-state index contributed by atoms with van der Waals surface area (Å²) in [5.74, 6) is 0.204. The Balaban J connectivity index is 1.95. The Morgan fingerprint density at radius 1 is 0.929 bits per heavy atom. The van der Waals surface area contributed by atoms with E-state index in [-0.39, 0.29) is 6.04 Å². The minimum absolute atomic E-state index is 0.355. The highest BCUT2D eigenvalue weighted by Crippen LogP contribution is 2.22. The number of ether oxygens (including phenoxy) is 3. The molecule has 0 bridgehead atoms. The van der Waals surface area contributed by atoms with Crippen molar-refractivity contribution >= 4 is 18.0 Å². The summed E-state index contributed by atoms with van der Waals surface area (Å²) in [6.07, 6.45) is 1.37. The summed E-state index contributed by atoms with van der Waals surface area (Å²) in [4.78, 5) is 24.0. The second-order valence-corrected chi connectivity index (χ2v) is 5.78. The fourth-order valence-corrected chi connectivity index (χ4v) is 2.39. The number of carbonyl (C=O) groups excluding carboxylic acids is 2. The zero-order valence-electron chi connectivity index (χ0n) is 16.2. The first-order valence-corrected chi connectivity index (χ1v) is 8.48. The largest absolute Gasteiger partial charge is 0.497 e. The molecule has 8 nitrogen and oxygen atoms in total. The molecule has 0 unspecified atom stereocenters. The maximum absolute atomic E-state index is 12.0. The van der Waals surface area contributed by atoms with Gasteiger partial charge in [0.1, 0.15) is 17.2 Å². The lowest BCUT2D eigenvalue weighted by Crippen LogP contribution is -2.39. The summed E-state index contributed by atoms with van der Waals surface area (Å²) in [7, 11) is 4.64. The molecule has 0 heterocycles. The molecule has 2 rings (SSSR count). The monoisotopic (exact) mass is 385 g/mol. The van der Waals surface area contributed by atoms with Gasteiger partial charge in [-0.05, 0) is 42.8 Å². The quantitative estimate of drug-likeness (QED) is 0.432. The van der Waals surface area contributed by atoms with E-state index in [1.807, 2.05) is 12.1 Å². The van der Waals surface area contributed by atoms with Crippen molar-refractivity contribution in [2.45, 2.75) is 13.0 Å². The van der Waals surface area contributed by atoms with Crippen LogP contribution in [-0.4, -0.2) is 39.4 Å². The average Bonchev–Trinajstić information content (AvgIpc) is 2.73. The van der Waals surface area contributed by atoms with Crippen molar-refractivity contribution in [3.8, 4) is 17.2 Å². The van der Waals surface area contributed by atoms with Gasteiger partial charge in [-0.1, -0.05) is 12.1 Å². The van der Waals surface area contributed by atoms with Gasteiger partial charge in [0.05, 0.1) is 33.6 Å². The molecule has 2 N–H and O–H groups in total. The van der Waals surface area contributed by atoms with Crippen LogP contribution < -0.4 is 25.0 Å². The number of nitrogens with zero attached hydrogens (tertiary/aromatic N) is 1. The summed E-state index contributed by atoms with van der Waals surface area (Å²) in [5, 5.41) is 6.42. The average molecular weight is 385 g/mol. The van der Waals surface area contributed by atoms with Crippen LogP contribution in [0.15, 0.2) is 47.6 Å². The third-order valence-electron chi connectivity index (χ3n) is 3.98. The third kappa shape index (κ3) is 5.47. The van der Waals surface area contributed by atoms with Crippen LogP contribution in [0.3, 0.4) is 0 Å². The van der Waals surface area contributed by atoms with E-state index < -0.39 is 11.8 Å². The second kappa shape index (κ2) is 9.96. The molecule has 8 heteroatoms. The first-order chi connectivity index (χ1) is 13.5. The van der Waals surface area contributed by atoms with Crippen molar-refractivity contribution in [2.75, 3.05) is 21.3 Å². The number of hydrogen-bond acceptors (Lipinski definition) is 6. The lowest BCUT2D eigenvalue weighted by atomic mass is 10.1. The first-order valence-electron chi connectivity index (χ1n) is 8.48. The lowest BCUT2D eigenvalue weighted by Gasteiger charge is -2.14. The van der Waals surface area contributed by atoms with Crippen molar-refractivity contribution < 1.29 is 23.8 Å². The summed E-state index contributed by atoms with van der Waals surface area (Å²) in [6, 6.07) is 12.0. The van der Waals surface area contributed by atoms with E-state index in [1.54, 1.807) is 51.5 Å². The molecule has 0 saturated carbocycles. The van der Waals surface area contributed by atoms with E-state index in [9.17, 15) is 9.59 Å². The van der Waals surface area contributed by atoms with Crippen molar-refractivity contribution in [3.63, 3.8) is 0 Å². The molecule has 0 spiro atoms. The standard InChI is InChI=1S/C20H23N3O5/c1-13(14-5-7-16(26-2)8-6-14)22-19(24)20(25)23-21-12-15-11-17(27-3)9-10-18(15)28-4/h5-13H,1-4H3,(H,22,24)(H,23,25)/t13-/m1/s1. The smallest absolute Gasteiger partial charge is 0.329 e. The van der Waals surface area contributed by atoms with Crippen molar-refractivity contribution in [1.82, 2.24) is 10.7 Å². The van der Waals surface area contributed by atoms with Gasteiger partial charge >= 0.3 is 11.8 Å². The number of rotatable bonds is 7. The van der Waals surface area contributed by atoms with Crippen molar-refractivity contribution in [1.29, 1.82) is 0 Å². The number of hydrogen-bond donors (Lipinski definition) is 2. The second-order valence-electron chi connectivity index (χ2n) is 5.78. The van der Waals surface area contributed by atoms with E-state index in [0.717, 1.165) is 5.56 Å². The normalized spacial score (nSPS) is 11.6. The van der Waals surface area contributed by atoms with E-state index in [1.165, 1.54) is 13.3 Å². The van der Waals surface area contributed by atoms with Crippen LogP contribution in [0, 0.1) is 0 Å². The fraction of sp³-hybridized carbons (Fsp3) is 0.250. The highest BCUT2D eigenvalue weighted by molar-refractivity contribution is 6.35. The van der Waals surface area contributed by atoms with Crippen molar-refractivity contribution in [3.05, 3.63) is 53.6 Å². The number of amides is 2. The highest BCUT2D eigenvalue weighted by Gasteiger charge is 2.16. The summed E-state index contributed by atoms with van der Waals surface area (Å²) < 4.78 is 15.5. The van der Waals surface area contributed by atoms with Gasteiger partial charge < -0.3 is 19.5 Å². The van der Waals surface area contributed by atoms with Gasteiger partial charge in [0.15, 0.2) is 0 Å². The minimum Gasteiger partial charge on any atom is -0.497 e. The summed E-state index contributed by atoms with van der Waals surface area (Å²) >= 11 is 0. The third-order valence-corrected chi connectivity index (χ3v) is 3.98. The van der Waals surface area contributed by atoms with Crippen LogP contribution in [-0.2, 0) is 9.59 Å². The summed E-state index contributed by atoms with van der Waals surface area (Å²) in [5.41, 5.74) is 3.63. The van der Waals surface area contributed by atoms with Crippen LogP contribution in [0.2, 0.25) is 0 Å². The molecule has 0 aliphatic heterocycles. The molecule has 0 aliphatic rings. The molecule has 0 aromatic heterocycles. The van der Waals surface area contributed by atoms with Gasteiger partial charge in [-0.2, -0.15) is 5.10 Å². The Morgan fingerprint density at radius 2 is 1.57 bits per heavy atom. The Kier molecular flexibility index (Phi) is 7.38. The molecule has 0 aliphatic carbocycles. The molecule has 2 aromatic carbocycles. The van der Waals surface area contributed by atoms with E-state index in [2.05, 4.69) is 15.8 Å². The molecule has 1 atom stereocenters. The zero-order chi connectivity index (χ0) is 20.5. The zero-order valence-corrected chi connectivity index (χ0v) is 16.2. The molecular formula is C20H23N3O5. The molecule has 2 amide bonds. The first kappa shape index (κ1) is 20.8. The van der Waals surface area contributed by atoms with Crippen LogP contribution in [0.5, 0.6) is 17.2 Å². The Morgan fingerprint density at radius 3 is 2.18 bits per heavy atom. The maximum Gasteiger partial charge on any atom is 0.329 e. The topological polar surface area (TPSA) is 98.2 Å². The molecule has 2 aromatic rings. The van der Waals surface area contributed by atoms with E-state index in [0.29, 0.717) is 22.8 Å². The van der Waals surface area contributed by atoms with Crippen LogP contribution in [0.4, 0.5) is 0 Å². The van der Waals surface area contributed by atoms with Gasteiger partial charge in [0.25, 0.3) is 0 Å². The molecule has 148 valence electrons. The number of hydrazone groups is 1. The molecule has 0 radical (unpaired) electrons.